The molecule has 0 bridgehead atoms. The van der Waals surface area contributed by atoms with Crippen molar-refractivity contribution >= 4 is 65.7 Å². The van der Waals surface area contributed by atoms with Crippen molar-refractivity contribution in [3.8, 4) is 50.5 Å². The van der Waals surface area contributed by atoms with Gasteiger partial charge in [-0.05, 0) is 65.7 Å². The first-order valence-electron chi connectivity index (χ1n) is 19.3. The molecule has 4 nitrogen and oxygen atoms in total. The van der Waals surface area contributed by atoms with Crippen molar-refractivity contribution in [3.63, 3.8) is 0 Å². The highest BCUT2D eigenvalue weighted by Crippen LogP contribution is 2.45. The zero-order chi connectivity index (χ0) is 37.5. The quantitative estimate of drug-likeness (QED) is 0.177. The van der Waals surface area contributed by atoms with Gasteiger partial charge in [0.2, 0.25) is 0 Å². The van der Waals surface area contributed by atoms with Crippen LogP contribution in [0.5, 0.6) is 0 Å². The lowest BCUT2D eigenvalue weighted by atomic mass is 9.95. The van der Waals surface area contributed by atoms with Crippen molar-refractivity contribution in [1.82, 2.24) is 9.55 Å². The number of furan rings is 2. The third-order valence-electron chi connectivity index (χ3n) is 11.4. The standard InChI is InChI=1S/C53H32N2O2/c1-3-14-33(15-4-1)45-30-35(31-46(54-45)34-28-29-40-39-19-8-10-26-48(39)56-50(40)32-34)37-20-13-27-49-51(37)44-24-12-23-43(53(44)57-49)42-22-11-21-41-38-18-7-9-25-47(38)55(52(41)42)36-16-5-2-6-17-36/h1-32H. The summed E-state index contributed by atoms with van der Waals surface area (Å²) in [5, 5.41) is 6.79. The number of benzene rings is 8. The average molecular weight is 729 g/mol. The summed E-state index contributed by atoms with van der Waals surface area (Å²) >= 11 is 0. The lowest BCUT2D eigenvalue weighted by Gasteiger charge is -2.12. The zero-order valence-corrected chi connectivity index (χ0v) is 30.7. The topological polar surface area (TPSA) is 44.1 Å². The van der Waals surface area contributed by atoms with Crippen molar-refractivity contribution in [3.05, 3.63) is 194 Å². The van der Waals surface area contributed by atoms with E-state index in [-0.39, 0.29) is 0 Å². The predicted octanol–water partition coefficient (Wildman–Crippen LogP) is 14.6. The zero-order valence-electron chi connectivity index (χ0n) is 30.7. The fourth-order valence-electron chi connectivity index (χ4n) is 8.86. The Kier molecular flexibility index (Phi) is 6.89. The molecular weight excluding hydrogens is 697 g/mol. The number of hydrogen-bond donors (Lipinski definition) is 0. The maximum absolute atomic E-state index is 6.94. The Morgan fingerprint density at radius 3 is 1.86 bits per heavy atom. The number of aromatic nitrogens is 2. The van der Waals surface area contributed by atoms with Gasteiger partial charge >= 0.3 is 0 Å². The van der Waals surface area contributed by atoms with Crippen molar-refractivity contribution < 1.29 is 8.83 Å². The first-order chi connectivity index (χ1) is 28.3. The number of fused-ring (bicyclic) bond motifs is 9. The summed E-state index contributed by atoms with van der Waals surface area (Å²) in [5.74, 6) is 0. The summed E-state index contributed by atoms with van der Waals surface area (Å²) in [5.41, 5.74) is 15.0. The van der Waals surface area contributed by atoms with Crippen LogP contribution in [-0.2, 0) is 0 Å². The van der Waals surface area contributed by atoms with Gasteiger partial charge in [0.05, 0.1) is 22.4 Å². The normalized spacial score (nSPS) is 11.9. The molecule has 0 fully saturated rings. The largest absolute Gasteiger partial charge is 0.456 e. The third-order valence-corrected chi connectivity index (χ3v) is 11.4. The van der Waals surface area contributed by atoms with Crippen LogP contribution in [0.2, 0.25) is 0 Å². The second-order valence-corrected chi connectivity index (χ2v) is 14.7. The van der Waals surface area contributed by atoms with E-state index in [9.17, 15) is 0 Å². The minimum absolute atomic E-state index is 0.842. The van der Waals surface area contributed by atoms with Crippen LogP contribution in [0.3, 0.4) is 0 Å². The first kappa shape index (κ1) is 31.6. The predicted molar refractivity (Wildman–Crippen MR) is 235 cm³/mol. The fourth-order valence-corrected chi connectivity index (χ4v) is 8.86. The van der Waals surface area contributed by atoms with Gasteiger partial charge in [-0.3, -0.25) is 0 Å². The molecule has 0 N–H and O–H groups in total. The first-order valence-corrected chi connectivity index (χ1v) is 19.3. The second-order valence-electron chi connectivity index (χ2n) is 14.7. The lowest BCUT2D eigenvalue weighted by Crippen LogP contribution is -1.95. The maximum Gasteiger partial charge on any atom is 0.143 e. The molecule has 0 aliphatic rings. The summed E-state index contributed by atoms with van der Waals surface area (Å²) in [7, 11) is 0. The molecule has 4 aromatic heterocycles. The molecule has 0 amide bonds. The average Bonchev–Trinajstić information content (AvgIpc) is 3.96. The van der Waals surface area contributed by atoms with E-state index >= 15 is 0 Å². The van der Waals surface area contributed by atoms with Crippen molar-refractivity contribution in [2.75, 3.05) is 0 Å². The van der Waals surface area contributed by atoms with Gasteiger partial charge in [0, 0.05) is 60.3 Å². The van der Waals surface area contributed by atoms with E-state index in [0.29, 0.717) is 0 Å². The summed E-state index contributed by atoms with van der Waals surface area (Å²) in [6.45, 7) is 0. The molecule has 0 unspecified atom stereocenters. The summed E-state index contributed by atoms with van der Waals surface area (Å²) in [6.07, 6.45) is 0. The number of rotatable bonds is 5. The molecule has 57 heavy (non-hydrogen) atoms. The number of hydrogen-bond acceptors (Lipinski definition) is 3. The number of para-hydroxylation sites is 5. The molecule has 4 heteroatoms. The Labute approximate surface area is 327 Å². The number of pyridine rings is 1. The van der Waals surface area contributed by atoms with E-state index in [1.54, 1.807) is 0 Å². The molecule has 0 saturated carbocycles. The van der Waals surface area contributed by atoms with Crippen LogP contribution < -0.4 is 0 Å². The SMILES string of the molecule is c1ccc(-c2cc(-c3cccc4oc5c(-c6cccc7c8ccccc8n(-c8ccccc8)c67)cccc5c34)cc(-c3ccc4c(c3)oc3ccccc34)n2)cc1. The highest BCUT2D eigenvalue weighted by molar-refractivity contribution is 6.19. The number of nitrogens with zero attached hydrogens (tertiary/aromatic N) is 2. The van der Waals surface area contributed by atoms with Gasteiger partial charge in [-0.15, -0.1) is 0 Å². The highest BCUT2D eigenvalue weighted by atomic mass is 16.3. The molecule has 0 spiro atoms. The van der Waals surface area contributed by atoms with Crippen LogP contribution in [0, 0.1) is 0 Å². The molecule has 266 valence electrons. The van der Waals surface area contributed by atoms with E-state index in [1.807, 2.05) is 18.2 Å². The second kappa shape index (κ2) is 12.4. The molecule has 0 atom stereocenters. The van der Waals surface area contributed by atoms with E-state index in [1.165, 1.54) is 16.3 Å². The van der Waals surface area contributed by atoms with E-state index in [4.69, 9.17) is 13.8 Å². The van der Waals surface area contributed by atoms with E-state index in [0.717, 1.165) is 99.8 Å². The molecule has 8 aromatic carbocycles. The fraction of sp³-hybridized carbons (Fsp3) is 0. The molecule has 12 aromatic rings. The van der Waals surface area contributed by atoms with Crippen LogP contribution in [-0.4, -0.2) is 9.55 Å². The molecule has 12 rings (SSSR count). The molecule has 4 heterocycles. The van der Waals surface area contributed by atoms with Crippen molar-refractivity contribution in [2.45, 2.75) is 0 Å². The van der Waals surface area contributed by atoms with Gasteiger partial charge in [-0.2, -0.15) is 0 Å². The van der Waals surface area contributed by atoms with Gasteiger partial charge in [-0.25, -0.2) is 4.98 Å². The Morgan fingerprint density at radius 1 is 0.368 bits per heavy atom. The van der Waals surface area contributed by atoms with Crippen LogP contribution in [0.1, 0.15) is 0 Å². The Balaban J connectivity index is 1.09. The summed E-state index contributed by atoms with van der Waals surface area (Å²) < 4.78 is 15.6. The Bertz CT molecular complexity index is 3520. The van der Waals surface area contributed by atoms with Crippen LogP contribution >= 0.6 is 0 Å². The molecule has 0 aliphatic heterocycles. The monoisotopic (exact) mass is 728 g/mol. The molecular formula is C53H32N2O2. The van der Waals surface area contributed by atoms with Gasteiger partial charge < -0.3 is 13.4 Å². The minimum Gasteiger partial charge on any atom is -0.456 e. The van der Waals surface area contributed by atoms with Crippen molar-refractivity contribution in [1.29, 1.82) is 0 Å². The third kappa shape index (κ3) is 4.91. The van der Waals surface area contributed by atoms with Gasteiger partial charge in [0.15, 0.2) is 0 Å². The van der Waals surface area contributed by atoms with Crippen LogP contribution in [0.15, 0.2) is 203 Å². The summed E-state index contributed by atoms with van der Waals surface area (Å²) in [6, 6.07) is 68.3. The van der Waals surface area contributed by atoms with E-state index < -0.39 is 0 Å². The van der Waals surface area contributed by atoms with Gasteiger partial charge in [-0.1, -0.05) is 140 Å². The van der Waals surface area contributed by atoms with Crippen LogP contribution in [0.4, 0.5) is 0 Å². The van der Waals surface area contributed by atoms with Crippen molar-refractivity contribution in [2.24, 2.45) is 0 Å². The van der Waals surface area contributed by atoms with E-state index in [2.05, 4.69) is 180 Å². The lowest BCUT2D eigenvalue weighted by molar-refractivity contribution is 0.669. The molecule has 0 aliphatic carbocycles. The molecule has 0 saturated heterocycles. The van der Waals surface area contributed by atoms with Crippen LogP contribution in [0.25, 0.3) is 116 Å². The van der Waals surface area contributed by atoms with Gasteiger partial charge in [0.1, 0.15) is 22.3 Å². The maximum atomic E-state index is 6.94. The highest BCUT2D eigenvalue weighted by Gasteiger charge is 2.21. The summed E-state index contributed by atoms with van der Waals surface area (Å²) in [4.78, 5) is 5.26. The Morgan fingerprint density at radius 2 is 1.00 bits per heavy atom. The Hall–Kier alpha value is -7.69. The minimum atomic E-state index is 0.842. The smallest absolute Gasteiger partial charge is 0.143 e. The van der Waals surface area contributed by atoms with Gasteiger partial charge in [0.25, 0.3) is 0 Å². The molecule has 0 radical (unpaired) electrons.